The van der Waals surface area contributed by atoms with Gasteiger partial charge >= 0.3 is 0 Å². The summed E-state index contributed by atoms with van der Waals surface area (Å²) in [7, 11) is 4.25. The Balaban J connectivity index is 2.08. The molecule has 0 spiro atoms. The van der Waals surface area contributed by atoms with Gasteiger partial charge in [0.25, 0.3) is 0 Å². The molecule has 2 N–H and O–H groups in total. The second kappa shape index (κ2) is 4.06. The van der Waals surface area contributed by atoms with Crippen LogP contribution in [0.4, 0.5) is 11.6 Å². The van der Waals surface area contributed by atoms with Crippen LogP contribution in [0.2, 0.25) is 0 Å². The van der Waals surface area contributed by atoms with Crippen molar-refractivity contribution in [2.45, 2.75) is 12.5 Å². The van der Waals surface area contributed by atoms with E-state index in [0.29, 0.717) is 11.9 Å². The lowest BCUT2D eigenvalue weighted by atomic mass is 10.2. The first-order chi connectivity index (χ1) is 7.16. The van der Waals surface area contributed by atoms with E-state index >= 15 is 0 Å². The Morgan fingerprint density at radius 2 is 2.27 bits per heavy atom. The maximum atomic E-state index is 5.67. The predicted molar refractivity (Wildman–Crippen MR) is 63.0 cm³/mol. The number of hydrogen-bond acceptors (Lipinski definition) is 4. The van der Waals surface area contributed by atoms with E-state index in [9.17, 15) is 0 Å². The van der Waals surface area contributed by atoms with Crippen molar-refractivity contribution >= 4 is 11.6 Å². The van der Waals surface area contributed by atoms with E-state index in [0.717, 1.165) is 18.9 Å². The van der Waals surface area contributed by atoms with Crippen molar-refractivity contribution in [3.8, 4) is 0 Å². The zero-order chi connectivity index (χ0) is 10.8. The molecular weight excluding hydrogens is 188 g/mol. The third-order valence-electron chi connectivity index (χ3n) is 2.97. The van der Waals surface area contributed by atoms with Crippen molar-refractivity contribution in [2.24, 2.45) is 0 Å². The number of likely N-dealkylation sites (N-methyl/N-ethyl adjacent to an activating group) is 1. The first-order valence-corrected chi connectivity index (χ1v) is 5.31. The van der Waals surface area contributed by atoms with Crippen LogP contribution in [0.1, 0.15) is 6.42 Å². The molecule has 4 nitrogen and oxygen atoms in total. The summed E-state index contributed by atoms with van der Waals surface area (Å²) in [5, 5.41) is 0. The Morgan fingerprint density at radius 1 is 1.47 bits per heavy atom. The predicted octanol–water partition coefficient (Wildman–Crippen LogP) is 0.804. The van der Waals surface area contributed by atoms with Crippen molar-refractivity contribution in [3.05, 3.63) is 18.2 Å². The average molecular weight is 206 g/mol. The molecule has 0 aliphatic carbocycles. The summed E-state index contributed by atoms with van der Waals surface area (Å²) < 4.78 is 0. The van der Waals surface area contributed by atoms with Gasteiger partial charge < -0.3 is 15.5 Å². The highest BCUT2D eigenvalue weighted by Crippen LogP contribution is 2.20. The maximum Gasteiger partial charge on any atom is 0.131 e. The molecule has 0 bridgehead atoms. The van der Waals surface area contributed by atoms with Crippen molar-refractivity contribution in [2.75, 3.05) is 37.8 Å². The molecule has 0 radical (unpaired) electrons. The van der Waals surface area contributed by atoms with Crippen LogP contribution in [0.5, 0.6) is 0 Å². The number of aromatic nitrogens is 1. The molecular formula is C11H18N4. The van der Waals surface area contributed by atoms with Crippen LogP contribution in [0.3, 0.4) is 0 Å². The number of nitrogens with zero attached hydrogens (tertiary/aromatic N) is 3. The van der Waals surface area contributed by atoms with Gasteiger partial charge in [-0.3, -0.25) is 0 Å². The lowest BCUT2D eigenvalue weighted by molar-refractivity contribution is 0.315. The fraction of sp³-hybridized carbons (Fsp3) is 0.545. The van der Waals surface area contributed by atoms with Gasteiger partial charge in [0.1, 0.15) is 11.6 Å². The van der Waals surface area contributed by atoms with Gasteiger partial charge in [0.15, 0.2) is 0 Å². The molecule has 2 heterocycles. The van der Waals surface area contributed by atoms with Crippen LogP contribution in [0.15, 0.2) is 18.2 Å². The number of anilines is 2. The van der Waals surface area contributed by atoms with Crippen LogP contribution in [-0.4, -0.2) is 43.1 Å². The van der Waals surface area contributed by atoms with Crippen molar-refractivity contribution in [1.82, 2.24) is 9.88 Å². The highest BCUT2D eigenvalue weighted by Gasteiger charge is 2.24. The molecule has 1 aromatic rings. The minimum Gasteiger partial charge on any atom is -0.384 e. The van der Waals surface area contributed by atoms with Crippen LogP contribution < -0.4 is 10.6 Å². The zero-order valence-corrected chi connectivity index (χ0v) is 9.35. The van der Waals surface area contributed by atoms with Crippen molar-refractivity contribution in [3.63, 3.8) is 0 Å². The number of nitrogens with two attached hydrogens (primary N) is 1. The van der Waals surface area contributed by atoms with Gasteiger partial charge in [-0.2, -0.15) is 0 Å². The van der Waals surface area contributed by atoms with Gasteiger partial charge in [-0.05, 0) is 32.6 Å². The van der Waals surface area contributed by atoms with Gasteiger partial charge in [0.2, 0.25) is 0 Å². The summed E-state index contributed by atoms with van der Waals surface area (Å²) in [6.45, 7) is 2.11. The molecule has 0 amide bonds. The fourth-order valence-electron chi connectivity index (χ4n) is 1.99. The molecule has 1 aliphatic rings. The second-order valence-electron chi connectivity index (χ2n) is 4.27. The van der Waals surface area contributed by atoms with E-state index < -0.39 is 0 Å². The van der Waals surface area contributed by atoms with E-state index in [-0.39, 0.29) is 0 Å². The van der Waals surface area contributed by atoms with Crippen molar-refractivity contribution < 1.29 is 0 Å². The quantitative estimate of drug-likeness (QED) is 0.777. The maximum absolute atomic E-state index is 5.67. The Morgan fingerprint density at radius 3 is 2.87 bits per heavy atom. The molecule has 1 aromatic heterocycles. The lowest BCUT2D eigenvalue weighted by Crippen LogP contribution is -2.31. The minimum atomic E-state index is 0.598. The fourth-order valence-corrected chi connectivity index (χ4v) is 1.99. The lowest BCUT2D eigenvalue weighted by Gasteiger charge is -2.21. The number of nitrogen functional groups attached to an aromatic ring is 1. The van der Waals surface area contributed by atoms with E-state index in [1.807, 2.05) is 18.2 Å². The van der Waals surface area contributed by atoms with Gasteiger partial charge in [0, 0.05) is 19.1 Å². The van der Waals surface area contributed by atoms with Gasteiger partial charge in [0.05, 0.1) is 0 Å². The molecule has 0 saturated carbocycles. The number of pyridine rings is 1. The third-order valence-corrected chi connectivity index (χ3v) is 2.97. The van der Waals surface area contributed by atoms with Crippen LogP contribution in [-0.2, 0) is 0 Å². The average Bonchev–Trinajstić information content (AvgIpc) is 2.66. The van der Waals surface area contributed by atoms with E-state index in [4.69, 9.17) is 5.73 Å². The van der Waals surface area contributed by atoms with Gasteiger partial charge in [-0.15, -0.1) is 0 Å². The monoisotopic (exact) mass is 206 g/mol. The Bertz CT molecular complexity index is 337. The van der Waals surface area contributed by atoms with Crippen LogP contribution in [0, 0.1) is 0 Å². The summed E-state index contributed by atoms with van der Waals surface area (Å²) >= 11 is 0. The summed E-state index contributed by atoms with van der Waals surface area (Å²) in [6.07, 6.45) is 1.20. The smallest absolute Gasteiger partial charge is 0.131 e. The topological polar surface area (TPSA) is 45.4 Å². The normalized spacial score (nSPS) is 21.3. The molecule has 82 valence electrons. The second-order valence-corrected chi connectivity index (χ2v) is 4.27. The largest absolute Gasteiger partial charge is 0.384 e. The Kier molecular flexibility index (Phi) is 2.77. The first kappa shape index (κ1) is 10.2. The number of hydrogen-bond donors (Lipinski definition) is 1. The first-order valence-electron chi connectivity index (χ1n) is 5.31. The standard InChI is InChI=1S/C11H18N4/c1-14(2)9-6-7-15(8-9)11-5-3-4-10(12)13-11/h3-5,9H,6-8H2,1-2H3,(H2,12,13). The van der Waals surface area contributed by atoms with Crippen LogP contribution in [0.25, 0.3) is 0 Å². The molecule has 1 saturated heterocycles. The van der Waals surface area contributed by atoms with Crippen molar-refractivity contribution in [1.29, 1.82) is 0 Å². The Labute approximate surface area is 90.7 Å². The van der Waals surface area contributed by atoms with E-state index in [2.05, 4.69) is 28.9 Å². The Hall–Kier alpha value is -1.29. The molecule has 1 atom stereocenters. The minimum absolute atomic E-state index is 0.598. The SMILES string of the molecule is CN(C)C1CCN(c2cccc(N)n2)C1. The molecule has 0 aromatic carbocycles. The molecule has 1 fully saturated rings. The molecule has 1 unspecified atom stereocenters. The zero-order valence-electron chi connectivity index (χ0n) is 9.35. The summed E-state index contributed by atoms with van der Waals surface area (Å²) in [5.41, 5.74) is 5.67. The third kappa shape index (κ3) is 2.21. The number of rotatable bonds is 2. The van der Waals surface area contributed by atoms with Gasteiger partial charge in [-0.1, -0.05) is 6.07 Å². The molecule has 4 heteroatoms. The van der Waals surface area contributed by atoms with Crippen LogP contribution >= 0.6 is 0 Å². The summed E-state index contributed by atoms with van der Waals surface area (Å²) in [6, 6.07) is 6.44. The molecule has 1 aliphatic heterocycles. The summed E-state index contributed by atoms with van der Waals surface area (Å²) in [4.78, 5) is 8.90. The van der Waals surface area contributed by atoms with E-state index in [1.165, 1.54) is 6.42 Å². The molecule has 15 heavy (non-hydrogen) atoms. The van der Waals surface area contributed by atoms with Gasteiger partial charge in [-0.25, -0.2) is 4.98 Å². The highest BCUT2D eigenvalue weighted by molar-refractivity contribution is 5.45. The highest BCUT2D eigenvalue weighted by atomic mass is 15.3. The van der Waals surface area contributed by atoms with E-state index in [1.54, 1.807) is 0 Å². The summed E-state index contributed by atoms with van der Waals surface area (Å²) in [5.74, 6) is 1.60. The molecule has 2 rings (SSSR count).